The van der Waals surface area contributed by atoms with Crippen molar-refractivity contribution in [1.82, 2.24) is 10.2 Å². The Hall–Kier alpha value is -4.24. The van der Waals surface area contributed by atoms with Gasteiger partial charge in [-0.25, -0.2) is 4.79 Å². The van der Waals surface area contributed by atoms with E-state index >= 15 is 0 Å². The lowest BCUT2D eigenvalue weighted by Gasteiger charge is -2.34. The van der Waals surface area contributed by atoms with Crippen molar-refractivity contribution in [2.45, 2.75) is 71.6 Å². The maximum atomic E-state index is 12.8. The zero-order valence-electron chi connectivity index (χ0n) is 25.8. The van der Waals surface area contributed by atoms with Crippen molar-refractivity contribution in [2.24, 2.45) is 0 Å². The summed E-state index contributed by atoms with van der Waals surface area (Å²) in [6.45, 7) is 10.6. The summed E-state index contributed by atoms with van der Waals surface area (Å²) in [7, 11) is 1.55. The van der Waals surface area contributed by atoms with Gasteiger partial charge in [-0.2, -0.15) is 0 Å². The molecular weight excluding hydrogens is 544 g/mol. The van der Waals surface area contributed by atoms with Crippen LogP contribution in [0.1, 0.15) is 63.7 Å². The van der Waals surface area contributed by atoms with Crippen molar-refractivity contribution < 1.29 is 23.8 Å². The molecule has 0 atom stereocenters. The number of carbonyl (C=O) groups excluding carboxylic acids is 2. The number of amides is 3. The molecule has 1 aliphatic rings. The van der Waals surface area contributed by atoms with Crippen LogP contribution in [0.4, 0.5) is 16.2 Å². The highest BCUT2D eigenvalue weighted by Crippen LogP contribution is 2.34. The van der Waals surface area contributed by atoms with Gasteiger partial charge in [-0.15, -0.1) is 0 Å². The van der Waals surface area contributed by atoms with Crippen LogP contribution in [0.3, 0.4) is 0 Å². The molecule has 3 aromatic rings. The Morgan fingerprint density at radius 1 is 0.837 bits per heavy atom. The number of benzene rings is 3. The van der Waals surface area contributed by atoms with E-state index in [1.165, 1.54) is 0 Å². The first-order valence-corrected chi connectivity index (χ1v) is 15.1. The predicted octanol–water partition coefficient (Wildman–Crippen LogP) is 7.30. The summed E-state index contributed by atoms with van der Waals surface area (Å²) in [6.07, 6.45) is 3.95. The maximum Gasteiger partial charge on any atom is 0.319 e. The first-order valence-electron chi connectivity index (χ1n) is 15.1. The summed E-state index contributed by atoms with van der Waals surface area (Å²) >= 11 is 0. The number of hydrogen-bond acceptors (Lipinski definition) is 6. The van der Waals surface area contributed by atoms with E-state index < -0.39 is 0 Å². The fourth-order valence-corrected chi connectivity index (χ4v) is 5.00. The van der Waals surface area contributed by atoms with Crippen LogP contribution in [0.2, 0.25) is 0 Å². The number of hydrogen-bond donors (Lipinski definition) is 3. The molecule has 3 N–H and O–H groups in total. The molecule has 0 saturated carbocycles. The van der Waals surface area contributed by atoms with Gasteiger partial charge in [0.1, 0.15) is 17.6 Å². The van der Waals surface area contributed by atoms with E-state index in [-0.39, 0.29) is 24.1 Å². The molecule has 1 heterocycles. The van der Waals surface area contributed by atoms with Crippen LogP contribution in [0, 0.1) is 0 Å². The van der Waals surface area contributed by atoms with E-state index in [0.29, 0.717) is 40.2 Å². The molecular formula is C34H44N4O5. The molecule has 0 unspecified atom stereocenters. The third-order valence-corrected chi connectivity index (χ3v) is 7.71. The number of rotatable bonds is 12. The second kappa shape index (κ2) is 15.3. The molecule has 4 rings (SSSR count). The zero-order chi connectivity index (χ0) is 30.8. The van der Waals surface area contributed by atoms with Crippen LogP contribution in [0.5, 0.6) is 23.0 Å². The number of urea groups is 1. The van der Waals surface area contributed by atoms with Crippen molar-refractivity contribution >= 4 is 23.3 Å². The van der Waals surface area contributed by atoms with Crippen LogP contribution < -0.4 is 30.2 Å². The van der Waals surface area contributed by atoms with Gasteiger partial charge in [0.2, 0.25) is 0 Å². The van der Waals surface area contributed by atoms with Gasteiger partial charge in [0.25, 0.3) is 5.91 Å². The van der Waals surface area contributed by atoms with Gasteiger partial charge in [-0.1, -0.05) is 13.8 Å². The highest BCUT2D eigenvalue weighted by molar-refractivity contribution is 6.04. The summed E-state index contributed by atoms with van der Waals surface area (Å²) in [5.41, 5.74) is 1.79. The second-order valence-electron chi connectivity index (χ2n) is 11.0. The van der Waals surface area contributed by atoms with Crippen molar-refractivity contribution in [2.75, 3.05) is 30.8 Å². The lowest BCUT2D eigenvalue weighted by molar-refractivity contribution is 0.0843. The SMILES string of the molecule is CCC(CC)NC(=O)Nc1ccc(Oc2ccc(NC(=O)c3ccc(OC4CCN(C(C)C)CC4)cc3)cc2)c(OC)c1. The van der Waals surface area contributed by atoms with Crippen LogP contribution in [-0.2, 0) is 0 Å². The minimum Gasteiger partial charge on any atom is -0.493 e. The Labute approximate surface area is 254 Å². The van der Waals surface area contributed by atoms with Gasteiger partial charge in [0.15, 0.2) is 11.5 Å². The summed E-state index contributed by atoms with van der Waals surface area (Å²) in [6, 6.07) is 20.0. The van der Waals surface area contributed by atoms with E-state index in [2.05, 4.69) is 34.7 Å². The van der Waals surface area contributed by atoms with Crippen molar-refractivity contribution in [1.29, 1.82) is 0 Å². The van der Waals surface area contributed by atoms with E-state index in [4.69, 9.17) is 14.2 Å². The van der Waals surface area contributed by atoms with E-state index in [1.807, 2.05) is 26.0 Å². The largest absolute Gasteiger partial charge is 0.493 e. The first-order chi connectivity index (χ1) is 20.8. The smallest absolute Gasteiger partial charge is 0.319 e. The van der Waals surface area contributed by atoms with Gasteiger partial charge in [-0.05, 0) is 100 Å². The van der Waals surface area contributed by atoms with Crippen molar-refractivity contribution in [3.63, 3.8) is 0 Å². The third-order valence-electron chi connectivity index (χ3n) is 7.71. The average Bonchev–Trinajstić information content (AvgIpc) is 3.02. The standard InChI is InChI=1S/C34H44N4O5/c1-6-25(7-2)36-34(40)37-27-12-17-31(32(22-27)41-5)43-29-15-10-26(11-16-29)35-33(39)24-8-13-28(14-9-24)42-30-18-20-38(21-19-30)23(3)4/h8-17,22-23,25,30H,6-7,18-21H2,1-5H3,(H,35,39)(H2,36,37,40). The number of carbonyl (C=O) groups is 2. The Bertz CT molecular complexity index is 1330. The van der Waals surface area contributed by atoms with Gasteiger partial charge in [0.05, 0.1) is 7.11 Å². The number of nitrogens with zero attached hydrogens (tertiary/aromatic N) is 1. The molecule has 43 heavy (non-hydrogen) atoms. The molecule has 0 radical (unpaired) electrons. The predicted molar refractivity (Wildman–Crippen MR) is 171 cm³/mol. The molecule has 0 spiro atoms. The number of ether oxygens (including phenoxy) is 3. The van der Waals surface area contributed by atoms with Crippen LogP contribution in [0.25, 0.3) is 0 Å². The quantitative estimate of drug-likeness (QED) is 0.205. The molecule has 3 amide bonds. The molecule has 9 nitrogen and oxygen atoms in total. The highest BCUT2D eigenvalue weighted by atomic mass is 16.5. The summed E-state index contributed by atoms with van der Waals surface area (Å²) in [5, 5.41) is 8.71. The monoisotopic (exact) mass is 588 g/mol. The number of likely N-dealkylation sites (tertiary alicyclic amines) is 1. The van der Waals surface area contributed by atoms with Crippen LogP contribution in [0.15, 0.2) is 66.7 Å². The van der Waals surface area contributed by atoms with E-state index in [0.717, 1.165) is 44.5 Å². The van der Waals surface area contributed by atoms with Gasteiger partial charge < -0.3 is 35.1 Å². The first kappa shape index (κ1) is 31.7. The van der Waals surface area contributed by atoms with Crippen LogP contribution >= 0.6 is 0 Å². The fraction of sp³-hybridized carbons (Fsp3) is 0.412. The molecule has 230 valence electrons. The second-order valence-corrected chi connectivity index (χ2v) is 11.0. The van der Waals surface area contributed by atoms with Gasteiger partial charge in [-0.3, -0.25) is 4.79 Å². The highest BCUT2D eigenvalue weighted by Gasteiger charge is 2.22. The maximum absolute atomic E-state index is 12.8. The van der Waals surface area contributed by atoms with Crippen molar-refractivity contribution in [3.8, 4) is 23.0 Å². The van der Waals surface area contributed by atoms with Gasteiger partial charge in [0, 0.05) is 48.2 Å². The van der Waals surface area contributed by atoms with E-state index in [9.17, 15) is 9.59 Å². The minimum atomic E-state index is -0.260. The molecule has 0 aliphatic carbocycles. The Kier molecular flexibility index (Phi) is 11.3. The summed E-state index contributed by atoms with van der Waals surface area (Å²) < 4.78 is 17.7. The summed E-state index contributed by atoms with van der Waals surface area (Å²) in [4.78, 5) is 27.6. The molecule has 0 bridgehead atoms. The molecule has 3 aromatic carbocycles. The lowest BCUT2D eigenvalue weighted by atomic mass is 10.1. The minimum absolute atomic E-state index is 0.125. The molecule has 1 fully saturated rings. The topological polar surface area (TPSA) is 101 Å². The fourth-order valence-electron chi connectivity index (χ4n) is 5.00. The Morgan fingerprint density at radius 2 is 1.47 bits per heavy atom. The Balaban J connectivity index is 1.29. The zero-order valence-corrected chi connectivity index (χ0v) is 25.8. The van der Waals surface area contributed by atoms with Gasteiger partial charge >= 0.3 is 6.03 Å². The Morgan fingerprint density at radius 3 is 2.07 bits per heavy atom. The number of nitrogens with one attached hydrogen (secondary N) is 3. The average molecular weight is 589 g/mol. The number of methoxy groups -OCH3 is 1. The van der Waals surface area contributed by atoms with Crippen molar-refractivity contribution in [3.05, 3.63) is 72.3 Å². The number of anilines is 2. The third kappa shape index (κ3) is 9.12. The normalized spacial score (nSPS) is 13.9. The number of piperidine rings is 1. The summed E-state index contributed by atoms with van der Waals surface area (Å²) in [5.74, 6) is 2.13. The van der Waals surface area contributed by atoms with Crippen LogP contribution in [-0.4, -0.2) is 55.2 Å². The molecule has 0 aromatic heterocycles. The lowest BCUT2D eigenvalue weighted by Crippen LogP contribution is -2.41. The molecule has 9 heteroatoms. The van der Waals surface area contributed by atoms with E-state index in [1.54, 1.807) is 61.7 Å². The molecule has 1 aliphatic heterocycles. The molecule has 1 saturated heterocycles.